The van der Waals surface area contributed by atoms with Crippen LogP contribution >= 0.6 is 0 Å². The molecule has 0 aliphatic carbocycles. The van der Waals surface area contributed by atoms with Gasteiger partial charge in [-0.3, -0.25) is 4.79 Å². The van der Waals surface area contributed by atoms with Crippen molar-refractivity contribution in [2.45, 2.75) is 40.7 Å². The first-order chi connectivity index (χ1) is 12.9. The number of nitrogens with one attached hydrogen (secondary N) is 1. The Morgan fingerprint density at radius 1 is 1.26 bits per heavy atom. The number of carbonyl (C=O) groups is 1. The molecule has 1 amide bonds. The van der Waals surface area contributed by atoms with E-state index in [4.69, 9.17) is 4.74 Å². The number of ether oxygens (including phenoxy) is 1. The van der Waals surface area contributed by atoms with E-state index in [1.807, 2.05) is 56.2 Å². The van der Waals surface area contributed by atoms with E-state index in [1.165, 1.54) is 0 Å². The molecule has 9 heteroatoms. The Morgan fingerprint density at radius 3 is 2.52 bits per heavy atom. The summed E-state index contributed by atoms with van der Waals surface area (Å²) in [6.07, 6.45) is 0.869. The van der Waals surface area contributed by atoms with Crippen LogP contribution in [0.25, 0.3) is 0 Å². The lowest BCUT2D eigenvalue weighted by Gasteiger charge is -2.26. The highest BCUT2D eigenvalue weighted by Gasteiger charge is 2.15. The number of carbonyl (C=O) groups excluding carboxylic acids is 1. The fourth-order valence-corrected chi connectivity index (χ4v) is 2.52. The van der Waals surface area contributed by atoms with Crippen LogP contribution in [0.2, 0.25) is 0 Å². The number of nitrogens with zero attached hydrogens (tertiary/aromatic N) is 6. The van der Waals surface area contributed by atoms with E-state index in [-0.39, 0.29) is 12.5 Å². The number of hydrogen-bond acceptors (Lipinski definition) is 5. The Morgan fingerprint density at radius 2 is 1.96 bits per heavy atom. The number of hydrogen-bond donors (Lipinski definition) is 1. The van der Waals surface area contributed by atoms with Crippen LogP contribution in [-0.2, 0) is 23.1 Å². The predicted octanol–water partition coefficient (Wildman–Crippen LogP) is 0.796. The van der Waals surface area contributed by atoms with Crippen LogP contribution in [-0.4, -0.2) is 82.9 Å². The molecule has 0 atom stereocenters. The van der Waals surface area contributed by atoms with Gasteiger partial charge in [0.25, 0.3) is 0 Å². The lowest BCUT2D eigenvalue weighted by Crippen LogP contribution is -2.46. The van der Waals surface area contributed by atoms with Crippen LogP contribution in [0, 0.1) is 6.92 Å². The summed E-state index contributed by atoms with van der Waals surface area (Å²) in [5.74, 6) is 2.38. The topological polar surface area (TPSA) is 87.9 Å². The Hall–Kier alpha value is -2.16. The van der Waals surface area contributed by atoms with Gasteiger partial charge in [-0.1, -0.05) is 0 Å². The van der Waals surface area contributed by atoms with Crippen molar-refractivity contribution in [1.82, 2.24) is 29.9 Å². The molecular weight excluding hydrogens is 346 g/mol. The van der Waals surface area contributed by atoms with Crippen LogP contribution in [0.5, 0.6) is 0 Å². The molecule has 0 aliphatic heterocycles. The van der Waals surface area contributed by atoms with Crippen LogP contribution in [0.15, 0.2) is 4.99 Å². The van der Waals surface area contributed by atoms with Crippen molar-refractivity contribution < 1.29 is 9.53 Å². The summed E-state index contributed by atoms with van der Waals surface area (Å²) in [5, 5.41) is 11.5. The van der Waals surface area contributed by atoms with Crippen molar-refractivity contribution in [3.8, 4) is 0 Å². The van der Waals surface area contributed by atoms with Gasteiger partial charge in [-0.2, -0.15) is 0 Å². The lowest BCUT2D eigenvalue weighted by molar-refractivity contribution is -0.131. The maximum atomic E-state index is 12.4. The zero-order chi connectivity index (χ0) is 20.2. The second-order valence-electron chi connectivity index (χ2n) is 6.26. The van der Waals surface area contributed by atoms with Gasteiger partial charge in [0.15, 0.2) is 11.8 Å². The SMILES string of the molecule is CCOCCCNC(=NCc1nnc(C)n1C)N(C)CC(=O)N(CC)CC. The molecule has 1 N–H and O–H groups in total. The molecule has 0 aliphatic rings. The van der Waals surface area contributed by atoms with Gasteiger partial charge in [0.05, 0.1) is 6.54 Å². The molecular formula is C18H35N7O2. The quantitative estimate of drug-likeness (QED) is 0.346. The molecule has 154 valence electrons. The van der Waals surface area contributed by atoms with E-state index in [0.29, 0.717) is 38.8 Å². The number of likely N-dealkylation sites (N-methyl/N-ethyl adjacent to an activating group) is 2. The van der Waals surface area contributed by atoms with Crippen LogP contribution in [0.3, 0.4) is 0 Å². The molecule has 1 aromatic heterocycles. The zero-order valence-electron chi connectivity index (χ0n) is 17.7. The average molecular weight is 382 g/mol. The van der Waals surface area contributed by atoms with Crippen molar-refractivity contribution in [2.75, 3.05) is 46.4 Å². The highest BCUT2D eigenvalue weighted by atomic mass is 16.5. The first kappa shape index (κ1) is 22.9. The Kier molecular flexibility index (Phi) is 10.4. The van der Waals surface area contributed by atoms with Gasteiger partial charge in [-0.15, -0.1) is 10.2 Å². The number of aryl methyl sites for hydroxylation is 1. The van der Waals surface area contributed by atoms with Gasteiger partial charge in [-0.05, 0) is 34.1 Å². The van der Waals surface area contributed by atoms with Gasteiger partial charge in [0.1, 0.15) is 12.4 Å². The van der Waals surface area contributed by atoms with Crippen molar-refractivity contribution in [2.24, 2.45) is 12.0 Å². The summed E-state index contributed by atoms with van der Waals surface area (Å²) in [6.45, 7) is 12.1. The highest BCUT2D eigenvalue weighted by Crippen LogP contribution is 2.01. The Labute approximate surface area is 162 Å². The van der Waals surface area contributed by atoms with Crippen LogP contribution in [0.1, 0.15) is 38.8 Å². The average Bonchev–Trinajstić information content (AvgIpc) is 2.96. The number of rotatable bonds is 11. The second kappa shape index (κ2) is 12.3. The fraction of sp³-hybridized carbons (Fsp3) is 0.778. The molecule has 0 spiro atoms. The van der Waals surface area contributed by atoms with Gasteiger partial charge in [0, 0.05) is 46.9 Å². The molecule has 0 bridgehead atoms. The molecule has 0 saturated heterocycles. The molecule has 0 radical (unpaired) electrons. The van der Waals surface area contributed by atoms with Crippen molar-refractivity contribution in [1.29, 1.82) is 0 Å². The summed E-state index contributed by atoms with van der Waals surface area (Å²) in [6, 6.07) is 0. The third-order valence-electron chi connectivity index (χ3n) is 4.36. The minimum Gasteiger partial charge on any atom is -0.382 e. The van der Waals surface area contributed by atoms with E-state index in [0.717, 1.165) is 24.6 Å². The fourth-order valence-electron chi connectivity index (χ4n) is 2.52. The van der Waals surface area contributed by atoms with E-state index < -0.39 is 0 Å². The summed E-state index contributed by atoms with van der Waals surface area (Å²) in [7, 11) is 3.79. The maximum Gasteiger partial charge on any atom is 0.242 e. The van der Waals surface area contributed by atoms with E-state index in [2.05, 4.69) is 20.5 Å². The van der Waals surface area contributed by atoms with Gasteiger partial charge < -0.3 is 24.4 Å². The van der Waals surface area contributed by atoms with Gasteiger partial charge in [-0.25, -0.2) is 4.99 Å². The minimum absolute atomic E-state index is 0.0841. The standard InChI is InChI=1S/C18H35N7O2/c1-7-25(8-2)17(26)14-23(5)18(19-11-10-12-27-9-3)20-13-16-22-21-15(4)24(16)6/h7-14H2,1-6H3,(H,19,20). The monoisotopic (exact) mass is 381 g/mol. The zero-order valence-corrected chi connectivity index (χ0v) is 17.7. The van der Waals surface area contributed by atoms with Crippen molar-refractivity contribution in [3.63, 3.8) is 0 Å². The molecule has 1 heterocycles. The molecule has 0 saturated carbocycles. The number of aromatic nitrogens is 3. The predicted molar refractivity (Wildman–Crippen MR) is 107 cm³/mol. The van der Waals surface area contributed by atoms with Crippen molar-refractivity contribution in [3.05, 3.63) is 11.6 Å². The molecule has 0 aromatic carbocycles. The molecule has 27 heavy (non-hydrogen) atoms. The second-order valence-corrected chi connectivity index (χ2v) is 6.26. The van der Waals surface area contributed by atoms with Gasteiger partial charge in [0.2, 0.25) is 5.91 Å². The normalized spacial score (nSPS) is 11.6. The van der Waals surface area contributed by atoms with Crippen LogP contribution < -0.4 is 5.32 Å². The third-order valence-corrected chi connectivity index (χ3v) is 4.36. The summed E-state index contributed by atoms with van der Waals surface area (Å²) in [5.41, 5.74) is 0. The summed E-state index contributed by atoms with van der Waals surface area (Å²) < 4.78 is 7.29. The summed E-state index contributed by atoms with van der Waals surface area (Å²) >= 11 is 0. The Balaban J connectivity index is 2.77. The molecule has 1 rings (SSSR count). The van der Waals surface area contributed by atoms with Crippen molar-refractivity contribution >= 4 is 11.9 Å². The summed E-state index contributed by atoms with van der Waals surface area (Å²) in [4.78, 5) is 20.7. The number of aliphatic imine (C=N–C) groups is 1. The lowest BCUT2D eigenvalue weighted by atomic mass is 10.4. The molecule has 0 fully saturated rings. The highest BCUT2D eigenvalue weighted by molar-refractivity contribution is 5.86. The number of amides is 1. The van der Waals surface area contributed by atoms with Gasteiger partial charge >= 0.3 is 0 Å². The smallest absolute Gasteiger partial charge is 0.242 e. The van der Waals surface area contributed by atoms with Crippen LogP contribution in [0.4, 0.5) is 0 Å². The first-order valence-corrected chi connectivity index (χ1v) is 9.64. The third kappa shape index (κ3) is 7.54. The minimum atomic E-state index is 0.0841. The maximum absolute atomic E-state index is 12.4. The molecule has 9 nitrogen and oxygen atoms in total. The Bertz CT molecular complexity index is 597. The molecule has 0 unspecified atom stereocenters. The van der Waals surface area contributed by atoms with E-state index in [1.54, 1.807) is 0 Å². The molecule has 1 aromatic rings. The van der Waals surface area contributed by atoms with E-state index in [9.17, 15) is 4.79 Å². The number of guanidine groups is 1. The first-order valence-electron chi connectivity index (χ1n) is 9.64. The van der Waals surface area contributed by atoms with E-state index >= 15 is 0 Å². The largest absolute Gasteiger partial charge is 0.382 e.